The lowest BCUT2D eigenvalue weighted by molar-refractivity contribution is 0.175. The maximum Gasteiger partial charge on any atom is 0.165 e. The Morgan fingerprint density at radius 3 is 2.67 bits per heavy atom. The van der Waals surface area contributed by atoms with Crippen LogP contribution in [0.3, 0.4) is 0 Å². The van der Waals surface area contributed by atoms with Crippen molar-refractivity contribution in [1.82, 2.24) is 0 Å². The fourth-order valence-corrected chi connectivity index (χ4v) is 2.54. The number of thiophene rings is 1. The number of halogens is 1. The summed E-state index contributed by atoms with van der Waals surface area (Å²) in [5.41, 5.74) is 1.89. The van der Waals surface area contributed by atoms with Crippen molar-refractivity contribution in [2.45, 2.75) is 18.9 Å². The third kappa shape index (κ3) is 3.31. The molecule has 96 valence electrons. The molecule has 0 saturated heterocycles. The number of benzene rings is 1. The molecule has 1 aromatic heterocycles. The van der Waals surface area contributed by atoms with Gasteiger partial charge in [-0.3, -0.25) is 0 Å². The lowest BCUT2D eigenvalue weighted by Gasteiger charge is -2.10. The fourth-order valence-electron chi connectivity index (χ4n) is 1.86. The number of hydrogen-bond acceptors (Lipinski definition) is 3. The summed E-state index contributed by atoms with van der Waals surface area (Å²) >= 11 is 1.61. The van der Waals surface area contributed by atoms with Crippen molar-refractivity contribution in [2.75, 3.05) is 7.11 Å². The van der Waals surface area contributed by atoms with Gasteiger partial charge in [0.2, 0.25) is 0 Å². The van der Waals surface area contributed by atoms with Crippen LogP contribution in [0, 0.1) is 5.82 Å². The molecule has 1 unspecified atom stereocenters. The van der Waals surface area contributed by atoms with E-state index in [-0.39, 0.29) is 5.75 Å². The van der Waals surface area contributed by atoms with Crippen LogP contribution in [-0.4, -0.2) is 18.3 Å². The van der Waals surface area contributed by atoms with Crippen LogP contribution in [0.1, 0.15) is 11.1 Å². The normalized spacial score (nSPS) is 12.4. The zero-order valence-electron chi connectivity index (χ0n) is 10.1. The van der Waals surface area contributed by atoms with Crippen molar-refractivity contribution >= 4 is 11.3 Å². The molecule has 2 rings (SSSR count). The monoisotopic (exact) mass is 266 g/mol. The topological polar surface area (TPSA) is 29.5 Å². The summed E-state index contributed by atoms with van der Waals surface area (Å²) in [6.45, 7) is 0. The third-order valence-electron chi connectivity index (χ3n) is 2.74. The summed E-state index contributed by atoms with van der Waals surface area (Å²) < 4.78 is 18.3. The van der Waals surface area contributed by atoms with Crippen LogP contribution in [0.4, 0.5) is 4.39 Å². The average molecular weight is 266 g/mol. The number of rotatable bonds is 5. The van der Waals surface area contributed by atoms with Gasteiger partial charge < -0.3 is 9.84 Å². The second kappa shape index (κ2) is 5.98. The quantitative estimate of drug-likeness (QED) is 0.901. The molecule has 0 radical (unpaired) electrons. The summed E-state index contributed by atoms with van der Waals surface area (Å²) in [7, 11) is 1.43. The van der Waals surface area contributed by atoms with Crippen molar-refractivity contribution < 1.29 is 14.2 Å². The molecule has 18 heavy (non-hydrogen) atoms. The highest BCUT2D eigenvalue weighted by Gasteiger charge is 2.09. The highest BCUT2D eigenvalue weighted by molar-refractivity contribution is 7.07. The highest BCUT2D eigenvalue weighted by Crippen LogP contribution is 2.19. The average Bonchev–Trinajstić information content (AvgIpc) is 2.82. The van der Waals surface area contributed by atoms with Gasteiger partial charge in [0, 0.05) is 0 Å². The molecule has 0 saturated carbocycles. The van der Waals surface area contributed by atoms with Crippen molar-refractivity contribution in [3.8, 4) is 5.75 Å². The minimum Gasteiger partial charge on any atom is -0.494 e. The lowest BCUT2D eigenvalue weighted by atomic mass is 10.0. The maximum atomic E-state index is 13.5. The first-order chi connectivity index (χ1) is 8.69. The van der Waals surface area contributed by atoms with Gasteiger partial charge in [0.1, 0.15) is 0 Å². The smallest absolute Gasteiger partial charge is 0.165 e. The van der Waals surface area contributed by atoms with Gasteiger partial charge >= 0.3 is 0 Å². The minimum absolute atomic E-state index is 0.228. The van der Waals surface area contributed by atoms with Crippen molar-refractivity contribution in [2.24, 2.45) is 0 Å². The molecule has 0 amide bonds. The summed E-state index contributed by atoms with van der Waals surface area (Å²) in [4.78, 5) is 0. The molecule has 1 heterocycles. The number of aliphatic hydroxyl groups is 1. The summed E-state index contributed by atoms with van der Waals surface area (Å²) in [6.07, 6.45) is 0.542. The van der Waals surface area contributed by atoms with Gasteiger partial charge in [0.25, 0.3) is 0 Å². The Morgan fingerprint density at radius 2 is 2.06 bits per heavy atom. The Kier molecular flexibility index (Phi) is 4.33. The number of hydrogen-bond donors (Lipinski definition) is 1. The van der Waals surface area contributed by atoms with Crippen LogP contribution in [-0.2, 0) is 12.8 Å². The molecular weight excluding hydrogens is 251 g/mol. The molecular formula is C14H15FO2S. The summed E-state index contributed by atoms with van der Waals surface area (Å²) in [6, 6.07) is 6.76. The van der Waals surface area contributed by atoms with E-state index in [9.17, 15) is 9.50 Å². The van der Waals surface area contributed by atoms with Crippen LogP contribution in [0.5, 0.6) is 5.75 Å². The van der Waals surface area contributed by atoms with Crippen LogP contribution < -0.4 is 4.74 Å². The zero-order valence-corrected chi connectivity index (χ0v) is 10.9. The van der Waals surface area contributed by atoms with Crippen LogP contribution in [0.2, 0.25) is 0 Å². The first-order valence-corrected chi connectivity index (χ1v) is 6.65. The van der Waals surface area contributed by atoms with Crippen LogP contribution in [0.15, 0.2) is 35.0 Å². The third-order valence-corrected chi connectivity index (χ3v) is 3.47. The largest absolute Gasteiger partial charge is 0.494 e. The predicted molar refractivity (Wildman–Crippen MR) is 70.7 cm³/mol. The van der Waals surface area contributed by atoms with Crippen molar-refractivity contribution in [3.05, 3.63) is 52.0 Å². The van der Waals surface area contributed by atoms with Gasteiger partial charge in [-0.2, -0.15) is 11.3 Å². The Hall–Kier alpha value is -1.39. The molecule has 0 spiro atoms. The van der Waals surface area contributed by atoms with E-state index in [0.717, 1.165) is 11.1 Å². The van der Waals surface area contributed by atoms with Crippen LogP contribution >= 0.6 is 11.3 Å². The predicted octanol–water partition coefficient (Wildman–Crippen LogP) is 3.04. The summed E-state index contributed by atoms with van der Waals surface area (Å²) in [5.74, 6) is -0.163. The Balaban J connectivity index is 1.98. The molecule has 1 aromatic carbocycles. The zero-order chi connectivity index (χ0) is 13.0. The molecule has 0 fully saturated rings. The Bertz CT molecular complexity index is 497. The second-order valence-corrected chi connectivity index (χ2v) is 4.94. The number of methoxy groups -OCH3 is 1. The SMILES string of the molecule is COc1ccc(CC(O)Cc2ccsc2)cc1F. The van der Waals surface area contributed by atoms with E-state index >= 15 is 0 Å². The first-order valence-electron chi connectivity index (χ1n) is 5.70. The summed E-state index contributed by atoms with van der Waals surface area (Å²) in [5, 5.41) is 13.9. The van der Waals surface area contributed by atoms with E-state index in [2.05, 4.69) is 0 Å². The van der Waals surface area contributed by atoms with E-state index in [1.807, 2.05) is 16.8 Å². The maximum absolute atomic E-state index is 13.5. The molecule has 0 aliphatic rings. The van der Waals surface area contributed by atoms with E-state index < -0.39 is 11.9 Å². The molecule has 1 N–H and O–H groups in total. The lowest BCUT2D eigenvalue weighted by Crippen LogP contribution is -2.13. The van der Waals surface area contributed by atoms with Crippen molar-refractivity contribution in [3.63, 3.8) is 0 Å². The Morgan fingerprint density at radius 1 is 1.28 bits per heavy atom. The molecule has 0 bridgehead atoms. The number of ether oxygens (including phenoxy) is 1. The van der Waals surface area contributed by atoms with Gasteiger partial charge in [-0.1, -0.05) is 6.07 Å². The van der Waals surface area contributed by atoms with E-state index in [0.29, 0.717) is 12.8 Å². The first kappa shape index (κ1) is 13.1. The van der Waals surface area contributed by atoms with Crippen molar-refractivity contribution in [1.29, 1.82) is 0 Å². The fraction of sp³-hybridized carbons (Fsp3) is 0.286. The number of aliphatic hydroxyl groups excluding tert-OH is 1. The molecule has 2 nitrogen and oxygen atoms in total. The van der Waals surface area contributed by atoms with Gasteiger partial charge in [-0.15, -0.1) is 0 Å². The Labute approximate surface area is 110 Å². The highest BCUT2D eigenvalue weighted by atomic mass is 32.1. The minimum atomic E-state index is -0.493. The molecule has 4 heteroatoms. The second-order valence-electron chi connectivity index (χ2n) is 4.16. The van der Waals surface area contributed by atoms with Gasteiger partial charge in [-0.05, 0) is 52.9 Å². The van der Waals surface area contributed by atoms with E-state index in [4.69, 9.17) is 4.74 Å². The van der Waals surface area contributed by atoms with E-state index in [1.54, 1.807) is 23.5 Å². The standard InChI is InChI=1S/C14H15FO2S/c1-17-14-3-2-10(8-13(14)15)6-12(16)7-11-4-5-18-9-11/h2-5,8-9,12,16H,6-7H2,1H3. The van der Waals surface area contributed by atoms with E-state index in [1.165, 1.54) is 13.2 Å². The van der Waals surface area contributed by atoms with Gasteiger partial charge in [0.15, 0.2) is 11.6 Å². The molecule has 2 aromatic rings. The molecule has 0 aliphatic carbocycles. The molecule has 1 atom stereocenters. The van der Waals surface area contributed by atoms with Crippen LogP contribution in [0.25, 0.3) is 0 Å². The molecule has 0 aliphatic heterocycles. The van der Waals surface area contributed by atoms with Gasteiger partial charge in [0.05, 0.1) is 13.2 Å². The van der Waals surface area contributed by atoms with Gasteiger partial charge in [-0.25, -0.2) is 4.39 Å².